The lowest BCUT2D eigenvalue weighted by molar-refractivity contribution is -0.137. The minimum absolute atomic E-state index is 0.0643. The summed E-state index contributed by atoms with van der Waals surface area (Å²) in [6.07, 6.45) is 0.774. The van der Waals surface area contributed by atoms with Crippen molar-refractivity contribution in [2.24, 2.45) is 0 Å². The number of nitrogens with zero attached hydrogens (tertiary/aromatic N) is 2. The van der Waals surface area contributed by atoms with E-state index in [2.05, 4.69) is 11.9 Å². The zero-order valence-electron chi connectivity index (χ0n) is 13.7. The van der Waals surface area contributed by atoms with Crippen LogP contribution < -0.4 is 5.56 Å². The third kappa shape index (κ3) is 3.37. The quantitative estimate of drug-likeness (QED) is 0.473. The molecule has 3 rings (SSSR count). The molecule has 0 bridgehead atoms. The molecular weight excluding hydrogens is 344 g/mol. The van der Waals surface area contributed by atoms with Crippen molar-refractivity contribution in [2.45, 2.75) is 35.6 Å². The Morgan fingerprint density at radius 2 is 2.12 bits per heavy atom. The van der Waals surface area contributed by atoms with Gasteiger partial charge in [0.25, 0.3) is 5.56 Å². The molecule has 1 aromatic heterocycles. The summed E-state index contributed by atoms with van der Waals surface area (Å²) in [6.45, 7) is 4.08. The Bertz CT molecular complexity index is 831. The lowest BCUT2D eigenvalue weighted by atomic mass is 10.2. The Morgan fingerprint density at radius 1 is 1.42 bits per heavy atom. The highest BCUT2D eigenvalue weighted by Crippen LogP contribution is 2.34. The van der Waals surface area contributed by atoms with Crippen molar-refractivity contribution in [3.8, 4) is 5.69 Å². The van der Waals surface area contributed by atoms with Crippen LogP contribution >= 0.6 is 23.5 Å². The first-order valence-electron chi connectivity index (χ1n) is 7.59. The Labute approximate surface area is 148 Å². The van der Waals surface area contributed by atoms with Gasteiger partial charge in [-0.15, -0.1) is 11.8 Å². The summed E-state index contributed by atoms with van der Waals surface area (Å²) < 4.78 is 6.29. The molecule has 1 atom stereocenters. The number of rotatable bonds is 4. The largest absolute Gasteiger partial charge is 0.468 e. The van der Waals surface area contributed by atoms with Crippen LogP contribution in [0.15, 0.2) is 39.1 Å². The molecule has 1 aliphatic heterocycles. The number of methoxy groups -OCH3 is 1. The summed E-state index contributed by atoms with van der Waals surface area (Å²) in [5.41, 5.74) is 2.64. The fourth-order valence-electron chi connectivity index (χ4n) is 2.50. The lowest BCUT2D eigenvalue weighted by Gasteiger charge is -2.13. The smallest absolute Gasteiger partial charge is 0.316 e. The van der Waals surface area contributed by atoms with Crippen LogP contribution in [0.4, 0.5) is 0 Å². The summed E-state index contributed by atoms with van der Waals surface area (Å²) in [4.78, 5) is 29.9. The van der Waals surface area contributed by atoms with Gasteiger partial charge >= 0.3 is 5.97 Å². The van der Waals surface area contributed by atoms with E-state index in [9.17, 15) is 9.59 Å². The third-order valence-electron chi connectivity index (χ3n) is 3.72. The van der Waals surface area contributed by atoms with Crippen molar-refractivity contribution in [1.82, 2.24) is 9.55 Å². The van der Waals surface area contributed by atoms with E-state index in [1.54, 1.807) is 16.3 Å². The molecule has 0 fully saturated rings. The van der Waals surface area contributed by atoms with E-state index in [1.165, 1.54) is 18.9 Å². The van der Waals surface area contributed by atoms with Gasteiger partial charge in [0.2, 0.25) is 0 Å². The van der Waals surface area contributed by atoms with E-state index < -0.39 is 0 Å². The van der Waals surface area contributed by atoms with Gasteiger partial charge in [-0.1, -0.05) is 36.4 Å². The number of benzene rings is 1. The third-order valence-corrected chi connectivity index (χ3v) is 5.85. The highest BCUT2D eigenvalue weighted by atomic mass is 32.2. The van der Waals surface area contributed by atoms with Gasteiger partial charge in [-0.2, -0.15) is 0 Å². The SMILES string of the molecule is COC(=O)CSc1nc2c(c(=O)n1-c1ccc(C)cc1)SC(C)C2. The maximum atomic E-state index is 13.0. The zero-order valence-corrected chi connectivity index (χ0v) is 15.4. The molecule has 7 heteroatoms. The molecule has 0 spiro atoms. The van der Waals surface area contributed by atoms with Crippen LogP contribution in [0, 0.1) is 6.92 Å². The minimum atomic E-state index is -0.340. The van der Waals surface area contributed by atoms with Gasteiger partial charge in [-0.05, 0) is 19.1 Å². The first kappa shape index (κ1) is 17.1. The molecule has 24 heavy (non-hydrogen) atoms. The Balaban J connectivity index is 2.10. The van der Waals surface area contributed by atoms with Gasteiger partial charge in [0.15, 0.2) is 5.16 Å². The normalized spacial score (nSPS) is 16.0. The number of hydrogen-bond donors (Lipinski definition) is 0. The van der Waals surface area contributed by atoms with Crippen molar-refractivity contribution in [2.75, 3.05) is 12.9 Å². The van der Waals surface area contributed by atoms with E-state index in [0.717, 1.165) is 23.4 Å². The number of hydrogen-bond acceptors (Lipinski definition) is 6. The number of aryl methyl sites for hydroxylation is 1. The molecule has 1 unspecified atom stereocenters. The van der Waals surface area contributed by atoms with E-state index in [1.807, 2.05) is 31.2 Å². The second-order valence-corrected chi connectivity index (χ2v) is 8.03. The molecule has 0 saturated heterocycles. The Morgan fingerprint density at radius 3 is 2.79 bits per heavy atom. The summed E-state index contributed by atoms with van der Waals surface area (Å²) >= 11 is 2.80. The zero-order chi connectivity index (χ0) is 17.3. The van der Waals surface area contributed by atoms with Gasteiger partial charge in [-0.25, -0.2) is 4.98 Å². The summed E-state index contributed by atoms with van der Waals surface area (Å²) in [5, 5.41) is 0.871. The molecule has 2 aromatic rings. The number of ether oxygens (including phenoxy) is 1. The van der Waals surface area contributed by atoms with Crippen molar-refractivity contribution in [3.63, 3.8) is 0 Å². The maximum Gasteiger partial charge on any atom is 0.316 e. The fourth-order valence-corrected chi connectivity index (χ4v) is 4.46. The predicted octanol–water partition coefficient (Wildman–Crippen LogP) is 2.84. The topological polar surface area (TPSA) is 61.2 Å². The second-order valence-electron chi connectivity index (χ2n) is 5.64. The molecule has 0 amide bonds. The Kier molecular flexibility index (Phi) is 5.01. The Hall–Kier alpha value is -1.73. The van der Waals surface area contributed by atoms with Gasteiger partial charge < -0.3 is 4.74 Å². The monoisotopic (exact) mass is 362 g/mol. The van der Waals surface area contributed by atoms with Crippen molar-refractivity contribution in [3.05, 3.63) is 45.9 Å². The molecule has 0 radical (unpaired) electrons. The van der Waals surface area contributed by atoms with E-state index in [0.29, 0.717) is 15.3 Å². The van der Waals surface area contributed by atoms with Crippen LogP contribution in [-0.2, 0) is 16.0 Å². The minimum Gasteiger partial charge on any atom is -0.468 e. The molecule has 2 heterocycles. The van der Waals surface area contributed by atoms with Crippen molar-refractivity contribution < 1.29 is 9.53 Å². The summed E-state index contributed by atoms with van der Waals surface area (Å²) in [6, 6.07) is 7.71. The number of carbonyl (C=O) groups is 1. The maximum absolute atomic E-state index is 13.0. The standard InChI is InChI=1S/C17H18N2O3S2/c1-10-4-6-12(7-5-10)19-16(21)15-13(8-11(2)24-15)18-17(19)23-9-14(20)22-3/h4-7,11H,8-9H2,1-3H3. The highest BCUT2D eigenvalue weighted by Gasteiger charge is 2.27. The number of carbonyl (C=O) groups excluding carboxylic acids is 1. The fraction of sp³-hybridized carbons (Fsp3) is 0.353. The average molecular weight is 362 g/mol. The second kappa shape index (κ2) is 7.03. The van der Waals surface area contributed by atoms with E-state index >= 15 is 0 Å². The van der Waals surface area contributed by atoms with Gasteiger partial charge in [-0.3, -0.25) is 14.2 Å². The van der Waals surface area contributed by atoms with Crippen LogP contribution in [-0.4, -0.2) is 33.6 Å². The van der Waals surface area contributed by atoms with Crippen LogP contribution in [0.2, 0.25) is 0 Å². The molecule has 126 valence electrons. The van der Waals surface area contributed by atoms with E-state index in [4.69, 9.17) is 4.74 Å². The predicted molar refractivity (Wildman–Crippen MR) is 96.3 cm³/mol. The summed E-state index contributed by atoms with van der Waals surface area (Å²) in [7, 11) is 1.35. The van der Waals surface area contributed by atoms with Gasteiger partial charge in [0, 0.05) is 11.7 Å². The van der Waals surface area contributed by atoms with Gasteiger partial charge in [0.05, 0.1) is 29.1 Å². The molecule has 1 aliphatic rings. The number of aromatic nitrogens is 2. The first-order valence-corrected chi connectivity index (χ1v) is 9.45. The van der Waals surface area contributed by atoms with Crippen molar-refractivity contribution >= 4 is 29.5 Å². The number of esters is 1. The molecule has 0 aliphatic carbocycles. The molecule has 1 aromatic carbocycles. The lowest BCUT2D eigenvalue weighted by Crippen LogP contribution is -2.24. The number of thioether (sulfide) groups is 2. The van der Waals surface area contributed by atoms with E-state index in [-0.39, 0.29) is 17.3 Å². The molecule has 0 saturated carbocycles. The average Bonchev–Trinajstić information content (AvgIpc) is 2.94. The molecule has 5 nitrogen and oxygen atoms in total. The van der Waals surface area contributed by atoms with Crippen LogP contribution in [0.25, 0.3) is 5.69 Å². The summed E-state index contributed by atoms with van der Waals surface area (Å²) in [5.74, 6) is -0.219. The highest BCUT2D eigenvalue weighted by molar-refractivity contribution is 8.00. The first-order chi connectivity index (χ1) is 11.5. The van der Waals surface area contributed by atoms with Crippen LogP contribution in [0.5, 0.6) is 0 Å². The number of fused-ring (bicyclic) bond motifs is 1. The van der Waals surface area contributed by atoms with Crippen molar-refractivity contribution in [1.29, 1.82) is 0 Å². The molecular formula is C17H18N2O3S2. The van der Waals surface area contributed by atoms with Crippen LogP contribution in [0.1, 0.15) is 18.2 Å². The van der Waals surface area contributed by atoms with Crippen LogP contribution in [0.3, 0.4) is 0 Å². The van der Waals surface area contributed by atoms with Gasteiger partial charge in [0.1, 0.15) is 0 Å². The molecule has 0 N–H and O–H groups in total.